The second-order valence-corrected chi connectivity index (χ2v) is 7.76. The molecule has 0 saturated carbocycles. The predicted octanol–water partition coefficient (Wildman–Crippen LogP) is 3.08. The van der Waals surface area contributed by atoms with Crippen molar-refractivity contribution in [3.05, 3.63) is 65.2 Å². The number of carbonyl (C=O) groups is 2. The number of ketones is 1. The Morgan fingerprint density at radius 2 is 1.68 bits per heavy atom. The van der Waals surface area contributed by atoms with Gasteiger partial charge in [-0.1, -0.05) is 43.7 Å². The minimum atomic E-state index is -3.42. The van der Waals surface area contributed by atoms with Gasteiger partial charge >= 0.3 is 5.97 Å². The highest BCUT2D eigenvalue weighted by Gasteiger charge is 2.14. The molecule has 0 bridgehead atoms. The average Bonchev–Trinajstić information content (AvgIpc) is 2.59. The molecule has 0 unspecified atom stereocenters. The van der Waals surface area contributed by atoms with Crippen molar-refractivity contribution in [3.8, 4) is 0 Å². The molecule has 0 N–H and O–H groups in total. The molecule has 0 radical (unpaired) electrons. The fourth-order valence-electron chi connectivity index (χ4n) is 2.30. The zero-order chi connectivity index (χ0) is 18.4. The fourth-order valence-corrected chi connectivity index (χ4v) is 2.96. The highest BCUT2D eigenvalue weighted by atomic mass is 32.2. The van der Waals surface area contributed by atoms with Crippen LogP contribution in [0.5, 0.6) is 0 Å². The van der Waals surface area contributed by atoms with Crippen LogP contribution < -0.4 is 0 Å². The number of carbonyl (C=O) groups excluding carboxylic acids is 2. The number of benzene rings is 2. The Labute approximate surface area is 147 Å². The molecule has 6 heteroatoms. The van der Waals surface area contributed by atoms with Crippen molar-refractivity contribution in [1.82, 2.24) is 0 Å². The maximum absolute atomic E-state index is 12.1. The molecule has 0 aliphatic heterocycles. The lowest BCUT2D eigenvalue weighted by molar-refractivity contribution is 0.0474. The van der Waals surface area contributed by atoms with E-state index < -0.39 is 22.4 Å². The van der Waals surface area contributed by atoms with E-state index in [1.807, 2.05) is 12.1 Å². The minimum Gasteiger partial charge on any atom is -0.454 e. The third-order valence-corrected chi connectivity index (χ3v) is 4.76. The Hall–Kier alpha value is -2.47. The Morgan fingerprint density at radius 1 is 1.00 bits per heavy atom. The highest BCUT2D eigenvalue weighted by Crippen LogP contribution is 2.13. The maximum atomic E-state index is 12.1. The number of hydrogen-bond donors (Lipinski definition) is 0. The van der Waals surface area contributed by atoms with Gasteiger partial charge in [-0.05, 0) is 30.2 Å². The van der Waals surface area contributed by atoms with Crippen LogP contribution in [-0.2, 0) is 21.0 Å². The van der Waals surface area contributed by atoms with Gasteiger partial charge in [0.2, 0.25) is 0 Å². The molecule has 0 amide bonds. The Kier molecular flexibility index (Phi) is 6.09. The van der Waals surface area contributed by atoms with Crippen LogP contribution in [0.25, 0.3) is 0 Å². The third kappa shape index (κ3) is 5.26. The summed E-state index contributed by atoms with van der Waals surface area (Å²) >= 11 is 0. The fraction of sp³-hybridized carbons (Fsp3) is 0.263. The molecular formula is C19H20O5S. The Morgan fingerprint density at radius 3 is 2.28 bits per heavy atom. The largest absolute Gasteiger partial charge is 0.454 e. The number of sulfone groups is 1. The van der Waals surface area contributed by atoms with Crippen molar-refractivity contribution in [3.63, 3.8) is 0 Å². The molecule has 132 valence electrons. The lowest BCUT2D eigenvalue weighted by atomic mass is 10.1. The Balaban J connectivity index is 2.01. The first-order chi connectivity index (χ1) is 11.8. The van der Waals surface area contributed by atoms with Crippen molar-refractivity contribution < 1.29 is 22.7 Å². The number of aryl methyl sites for hydroxylation is 1. The molecule has 2 rings (SSSR count). The van der Waals surface area contributed by atoms with E-state index in [1.165, 1.54) is 24.3 Å². The molecule has 0 aliphatic carbocycles. The van der Waals surface area contributed by atoms with Crippen LogP contribution in [0.15, 0.2) is 53.4 Å². The number of ether oxygens (including phenoxy) is 1. The number of rotatable bonds is 7. The maximum Gasteiger partial charge on any atom is 0.338 e. The van der Waals surface area contributed by atoms with Crippen LogP contribution in [0.2, 0.25) is 0 Å². The number of esters is 1. The summed E-state index contributed by atoms with van der Waals surface area (Å²) in [6, 6.07) is 12.7. The summed E-state index contributed by atoms with van der Waals surface area (Å²) in [6.07, 6.45) is 3.03. The normalized spacial score (nSPS) is 11.1. The monoisotopic (exact) mass is 360 g/mol. The molecule has 0 atom stereocenters. The highest BCUT2D eigenvalue weighted by molar-refractivity contribution is 7.90. The second kappa shape index (κ2) is 8.07. The standard InChI is InChI=1S/C19H20O5S/c1-3-5-14-8-10-15(11-9-14)18(20)13-24-19(21)16-6-4-7-17(12-16)25(2,22)23/h4,6-12H,3,5,13H2,1-2H3. The molecule has 0 spiro atoms. The van der Waals surface area contributed by atoms with E-state index in [0.29, 0.717) is 5.56 Å². The summed E-state index contributed by atoms with van der Waals surface area (Å²) in [7, 11) is -3.42. The van der Waals surface area contributed by atoms with Crippen molar-refractivity contribution >= 4 is 21.6 Å². The lowest BCUT2D eigenvalue weighted by Gasteiger charge is -2.06. The van der Waals surface area contributed by atoms with Gasteiger partial charge in [0.25, 0.3) is 0 Å². The van der Waals surface area contributed by atoms with Gasteiger partial charge in [-0.2, -0.15) is 0 Å². The van der Waals surface area contributed by atoms with Gasteiger partial charge < -0.3 is 4.74 Å². The SMILES string of the molecule is CCCc1ccc(C(=O)COC(=O)c2cccc(S(C)(=O)=O)c2)cc1. The van der Waals surface area contributed by atoms with Crippen molar-refractivity contribution in [2.45, 2.75) is 24.7 Å². The van der Waals surface area contributed by atoms with Gasteiger partial charge in [0.15, 0.2) is 22.2 Å². The van der Waals surface area contributed by atoms with Crippen LogP contribution in [0.3, 0.4) is 0 Å². The third-order valence-electron chi connectivity index (χ3n) is 3.65. The molecule has 0 aromatic heterocycles. The smallest absolute Gasteiger partial charge is 0.338 e. The van der Waals surface area contributed by atoms with Crippen LogP contribution in [0.1, 0.15) is 39.6 Å². The van der Waals surface area contributed by atoms with E-state index in [-0.39, 0.29) is 16.2 Å². The zero-order valence-electron chi connectivity index (χ0n) is 14.2. The zero-order valence-corrected chi connectivity index (χ0v) is 15.0. The molecule has 0 aliphatic rings. The van der Waals surface area contributed by atoms with Gasteiger partial charge in [-0.15, -0.1) is 0 Å². The Bertz CT molecular complexity index is 867. The van der Waals surface area contributed by atoms with Gasteiger partial charge in [0, 0.05) is 11.8 Å². The van der Waals surface area contributed by atoms with E-state index in [9.17, 15) is 18.0 Å². The van der Waals surface area contributed by atoms with Crippen LogP contribution >= 0.6 is 0 Å². The van der Waals surface area contributed by atoms with Crippen molar-refractivity contribution in [1.29, 1.82) is 0 Å². The molecule has 0 fully saturated rings. The van der Waals surface area contributed by atoms with E-state index in [4.69, 9.17) is 4.74 Å². The van der Waals surface area contributed by atoms with Crippen LogP contribution in [-0.4, -0.2) is 33.0 Å². The first-order valence-electron chi connectivity index (χ1n) is 7.90. The van der Waals surface area contributed by atoms with E-state index in [0.717, 1.165) is 24.7 Å². The van der Waals surface area contributed by atoms with Crippen molar-refractivity contribution in [2.24, 2.45) is 0 Å². The summed E-state index contributed by atoms with van der Waals surface area (Å²) in [5, 5.41) is 0. The average molecular weight is 360 g/mol. The van der Waals surface area contributed by atoms with Gasteiger partial charge in [-0.3, -0.25) is 4.79 Å². The summed E-state index contributed by atoms with van der Waals surface area (Å²) in [6.45, 7) is 1.69. The van der Waals surface area contributed by atoms with Crippen LogP contribution in [0, 0.1) is 0 Å². The molecular weight excluding hydrogens is 340 g/mol. The second-order valence-electron chi connectivity index (χ2n) is 5.75. The number of Topliss-reactive ketones (excluding diaryl/α,β-unsaturated/α-hetero) is 1. The summed E-state index contributed by atoms with van der Waals surface area (Å²) < 4.78 is 28.1. The first kappa shape index (κ1) is 18.9. The van der Waals surface area contributed by atoms with Gasteiger partial charge in [0.05, 0.1) is 10.5 Å². The van der Waals surface area contributed by atoms with Gasteiger partial charge in [0.1, 0.15) is 0 Å². The van der Waals surface area contributed by atoms with E-state index in [1.54, 1.807) is 12.1 Å². The summed E-state index contributed by atoms with van der Waals surface area (Å²) in [5.74, 6) is -1.04. The van der Waals surface area contributed by atoms with Crippen molar-refractivity contribution in [2.75, 3.05) is 12.9 Å². The summed E-state index contributed by atoms with van der Waals surface area (Å²) in [4.78, 5) is 24.2. The van der Waals surface area contributed by atoms with Gasteiger partial charge in [-0.25, -0.2) is 13.2 Å². The molecule has 0 saturated heterocycles. The minimum absolute atomic E-state index is 0.0276. The van der Waals surface area contributed by atoms with Crippen LogP contribution in [0.4, 0.5) is 0 Å². The topological polar surface area (TPSA) is 77.5 Å². The lowest BCUT2D eigenvalue weighted by Crippen LogP contribution is -2.14. The number of hydrogen-bond acceptors (Lipinski definition) is 5. The first-order valence-corrected chi connectivity index (χ1v) is 9.80. The quantitative estimate of drug-likeness (QED) is 0.560. The molecule has 5 nitrogen and oxygen atoms in total. The summed E-state index contributed by atoms with van der Waals surface area (Å²) in [5.41, 5.74) is 1.71. The predicted molar refractivity (Wildman–Crippen MR) is 94.6 cm³/mol. The van der Waals surface area contributed by atoms with E-state index in [2.05, 4.69) is 6.92 Å². The van der Waals surface area contributed by atoms with E-state index >= 15 is 0 Å². The molecule has 0 heterocycles. The molecule has 2 aromatic carbocycles. The molecule has 2 aromatic rings. The molecule has 25 heavy (non-hydrogen) atoms.